The number of aryl methyl sites for hydroxylation is 2. The van der Waals surface area contributed by atoms with E-state index in [1.807, 2.05) is 32.0 Å². The molecule has 21 heavy (non-hydrogen) atoms. The number of hydrogen-bond acceptors (Lipinski definition) is 5. The Morgan fingerprint density at radius 2 is 2.24 bits per heavy atom. The highest BCUT2D eigenvalue weighted by Gasteiger charge is 2.41. The van der Waals surface area contributed by atoms with E-state index >= 15 is 0 Å². The number of anilines is 1. The van der Waals surface area contributed by atoms with Crippen LogP contribution in [0, 0.1) is 6.92 Å². The summed E-state index contributed by atoms with van der Waals surface area (Å²) in [6.45, 7) is 3.42. The SMILES string of the molecule is Cc1cc(N2CCC(N(C)[C@@H]3COC[C@H]3O)C2=O)n(C)n1. The van der Waals surface area contributed by atoms with Crippen LogP contribution in [0.25, 0.3) is 0 Å². The van der Waals surface area contributed by atoms with E-state index in [0.29, 0.717) is 19.8 Å². The maximum absolute atomic E-state index is 12.7. The van der Waals surface area contributed by atoms with Crippen molar-refractivity contribution in [3.63, 3.8) is 0 Å². The van der Waals surface area contributed by atoms with Crippen molar-refractivity contribution in [2.45, 2.75) is 31.5 Å². The molecule has 1 amide bonds. The van der Waals surface area contributed by atoms with Gasteiger partial charge in [-0.2, -0.15) is 5.10 Å². The van der Waals surface area contributed by atoms with Crippen LogP contribution in [-0.4, -0.2) is 70.7 Å². The Bertz CT molecular complexity index is 544. The van der Waals surface area contributed by atoms with Crippen LogP contribution in [0.2, 0.25) is 0 Å². The van der Waals surface area contributed by atoms with Crippen molar-refractivity contribution in [3.8, 4) is 0 Å². The molecule has 0 saturated carbocycles. The van der Waals surface area contributed by atoms with E-state index in [-0.39, 0.29) is 18.0 Å². The summed E-state index contributed by atoms with van der Waals surface area (Å²) in [6.07, 6.45) is 0.235. The van der Waals surface area contributed by atoms with Gasteiger partial charge in [-0.3, -0.25) is 19.3 Å². The van der Waals surface area contributed by atoms with Gasteiger partial charge in [-0.05, 0) is 20.4 Å². The number of nitrogens with zero attached hydrogens (tertiary/aromatic N) is 4. The van der Waals surface area contributed by atoms with Gasteiger partial charge in [0.25, 0.3) is 0 Å². The van der Waals surface area contributed by atoms with E-state index in [4.69, 9.17) is 4.74 Å². The number of hydrogen-bond donors (Lipinski definition) is 1. The highest BCUT2D eigenvalue weighted by Crippen LogP contribution is 2.26. The number of ether oxygens (including phenoxy) is 1. The average molecular weight is 294 g/mol. The van der Waals surface area contributed by atoms with Crippen LogP contribution in [0.5, 0.6) is 0 Å². The van der Waals surface area contributed by atoms with Crippen molar-refractivity contribution >= 4 is 11.7 Å². The summed E-state index contributed by atoms with van der Waals surface area (Å²) >= 11 is 0. The first-order valence-electron chi connectivity index (χ1n) is 7.29. The number of amides is 1. The number of carbonyl (C=O) groups is 1. The molecule has 7 nitrogen and oxygen atoms in total. The molecule has 116 valence electrons. The molecule has 0 aromatic carbocycles. The van der Waals surface area contributed by atoms with Gasteiger partial charge >= 0.3 is 0 Å². The molecule has 0 spiro atoms. The van der Waals surface area contributed by atoms with E-state index in [1.54, 1.807) is 9.58 Å². The fourth-order valence-corrected chi connectivity index (χ4v) is 3.27. The second kappa shape index (κ2) is 5.40. The Morgan fingerprint density at radius 3 is 2.81 bits per heavy atom. The summed E-state index contributed by atoms with van der Waals surface area (Å²) < 4.78 is 7.03. The summed E-state index contributed by atoms with van der Waals surface area (Å²) in [6, 6.07) is 1.61. The van der Waals surface area contributed by atoms with Crippen molar-refractivity contribution in [2.24, 2.45) is 7.05 Å². The first kappa shape index (κ1) is 14.5. The molecule has 1 aromatic heterocycles. The number of aromatic nitrogens is 2. The minimum absolute atomic E-state index is 0.0691. The zero-order valence-electron chi connectivity index (χ0n) is 12.7. The summed E-state index contributed by atoms with van der Waals surface area (Å²) in [5.41, 5.74) is 0.900. The van der Waals surface area contributed by atoms with Gasteiger partial charge in [-0.15, -0.1) is 0 Å². The van der Waals surface area contributed by atoms with Crippen molar-refractivity contribution in [3.05, 3.63) is 11.8 Å². The third-order valence-electron chi connectivity index (χ3n) is 4.47. The van der Waals surface area contributed by atoms with Gasteiger partial charge in [-0.25, -0.2) is 0 Å². The second-order valence-electron chi connectivity index (χ2n) is 5.90. The van der Waals surface area contributed by atoms with Gasteiger partial charge in [0.15, 0.2) is 0 Å². The van der Waals surface area contributed by atoms with E-state index in [1.165, 1.54) is 0 Å². The minimum atomic E-state index is -0.518. The maximum atomic E-state index is 12.7. The van der Waals surface area contributed by atoms with Gasteiger partial charge in [0.05, 0.1) is 37.1 Å². The Labute approximate surface area is 124 Å². The van der Waals surface area contributed by atoms with Crippen molar-refractivity contribution in [1.82, 2.24) is 14.7 Å². The summed E-state index contributed by atoms with van der Waals surface area (Å²) in [7, 11) is 3.74. The lowest BCUT2D eigenvalue weighted by Crippen LogP contribution is -2.49. The molecule has 0 bridgehead atoms. The Hall–Kier alpha value is -1.44. The molecule has 2 aliphatic rings. The molecule has 2 fully saturated rings. The molecular formula is C14H22N4O3. The molecule has 0 aliphatic carbocycles. The molecule has 1 aromatic rings. The first-order valence-corrected chi connectivity index (χ1v) is 7.29. The molecule has 2 saturated heterocycles. The molecule has 1 N–H and O–H groups in total. The normalized spacial score (nSPS) is 29.9. The zero-order valence-corrected chi connectivity index (χ0v) is 12.7. The van der Waals surface area contributed by atoms with Crippen LogP contribution >= 0.6 is 0 Å². The van der Waals surface area contributed by atoms with Crippen LogP contribution in [-0.2, 0) is 16.6 Å². The lowest BCUT2D eigenvalue weighted by atomic mass is 10.1. The van der Waals surface area contributed by atoms with Crippen molar-refractivity contribution in [2.75, 3.05) is 31.7 Å². The summed E-state index contributed by atoms with van der Waals surface area (Å²) in [5, 5.41) is 14.2. The summed E-state index contributed by atoms with van der Waals surface area (Å²) in [4.78, 5) is 16.4. The maximum Gasteiger partial charge on any atom is 0.245 e. The van der Waals surface area contributed by atoms with Crippen LogP contribution in [0.1, 0.15) is 12.1 Å². The largest absolute Gasteiger partial charge is 0.389 e. The lowest BCUT2D eigenvalue weighted by Gasteiger charge is -2.30. The number of likely N-dealkylation sites (N-methyl/N-ethyl adjacent to an activating group) is 1. The van der Waals surface area contributed by atoms with Gasteiger partial charge in [-0.1, -0.05) is 0 Å². The van der Waals surface area contributed by atoms with E-state index in [0.717, 1.165) is 17.9 Å². The van der Waals surface area contributed by atoms with Gasteiger partial charge in [0.1, 0.15) is 5.82 Å². The topological polar surface area (TPSA) is 70.8 Å². The molecular weight excluding hydrogens is 272 g/mol. The summed E-state index contributed by atoms with van der Waals surface area (Å²) in [5.74, 6) is 0.899. The van der Waals surface area contributed by atoms with E-state index in [9.17, 15) is 9.90 Å². The monoisotopic (exact) mass is 294 g/mol. The number of aliphatic hydroxyl groups is 1. The Morgan fingerprint density at radius 1 is 1.48 bits per heavy atom. The highest BCUT2D eigenvalue weighted by atomic mass is 16.5. The van der Waals surface area contributed by atoms with Crippen LogP contribution < -0.4 is 4.90 Å². The number of rotatable bonds is 3. The molecule has 0 radical (unpaired) electrons. The number of aliphatic hydroxyl groups excluding tert-OH is 1. The molecule has 3 atom stereocenters. The van der Waals surface area contributed by atoms with E-state index < -0.39 is 6.10 Å². The third-order valence-corrected chi connectivity index (χ3v) is 4.47. The fourth-order valence-electron chi connectivity index (χ4n) is 3.27. The second-order valence-corrected chi connectivity index (χ2v) is 5.90. The molecule has 3 rings (SSSR count). The average Bonchev–Trinajstić information content (AvgIpc) is 3.09. The van der Waals surface area contributed by atoms with Crippen LogP contribution in [0.15, 0.2) is 6.07 Å². The quantitative estimate of drug-likeness (QED) is 0.816. The fraction of sp³-hybridized carbons (Fsp3) is 0.714. The van der Waals surface area contributed by atoms with Crippen LogP contribution in [0.3, 0.4) is 0 Å². The predicted octanol–water partition coefficient (Wildman–Crippen LogP) is -0.475. The molecule has 3 heterocycles. The van der Waals surface area contributed by atoms with Crippen molar-refractivity contribution in [1.29, 1.82) is 0 Å². The predicted molar refractivity (Wildman–Crippen MR) is 77.1 cm³/mol. The standard InChI is InChI=1S/C14H22N4O3/c1-9-6-13(17(3)15-9)18-5-4-10(14(18)20)16(2)11-7-21-8-12(11)19/h6,10-12,19H,4-5,7-8H2,1-3H3/t10?,11-,12-/m1/s1. The van der Waals surface area contributed by atoms with Crippen LogP contribution in [0.4, 0.5) is 5.82 Å². The van der Waals surface area contributed by atoms with Gasteiger partial charge < -0.3 is 9.84 Å². The third kappa shape index (κ3) is 2.45. The highest BCUT2D eigenvalue weighted by molar-refractivity contribution is 5.98. The smallest absolute Gasteiger partial charge is 0.245 e. The Kier molecular flexibility index (Phi) is 3.73. The molecule has 7 heteroatoms. The lowest BCUT2D eigenvalue weighted by molar-refractivity contribution is -0.122. The zero-order chi connectivity index (χ0) is 15.1. The van der Waals surface area contributed by atoms with E-state index in [2.05, 4.69) is 5.10 Å². The molecule has 1 unspecified atom stereocenters. The van der Waals surface area contributed by atoms with Crippen molar-refractivity contribution < 1.29 is 14.6 Å². The van der Waals surface area contributed by atoms with Gasteiger partial charge in [0, 0.05) is 19.7 Å². The first-order chi connectivity index (χ1) is 9.99. The van der Waals surface area contributed by atoms with Gasteiger partial charge in [0.2, 0.25) is 5.91 Å². The number of carbonyl (C=O) groups excluding carboxylic acids is 1. The Balaban J connectivity index is 1.76. The minimum Gasteiger partial charge on any atom is -0.389 e. The molecule has 2 aliphatic heterocycles.